The van der Waals surface area contributed by atoms with Crippen molar-refractivity contribution < 1.29 is 19.4 Å². The molecule has 6 nitrogen and oxygen atoms in total. The van der Waals surface area contributed by atoms with Gasteiger partial charge in [0.25, 0.3) is 0 Å². The van der Waals surface area contributed by atoms with E-state index in [1.807, 2.05) is 38.1 Å². The van der Waals surface area contributed by atoms with Gasteiger partial charge in [-0.2, -0.15) is 0 Å². The Morgan fingerprint density at radius 3 is 2.68 bits per heavy atom. The summed E-state index contributed by atoms with van der Waals surface area (Å²) in [5.74, 6) is -0.338. The third-order valence-electron chi connectivity index (χ3n) is 2.97. The van der Waals surface area contributed by atoms with Crippen LogP contribution in [-0.2, 0) is 16.1 Å². The Morgan fingerprint density at radius 2 is 2.05 bits per heavy atom. The summed E-state index contributed by atoms with van der Waals surface area (Å²) in [6.45, 7) is 5.40. The van der Waals surface area contributed by atoms with Crippen LogP contribution in [0.15, 0.2) is 24.3 Å². The molecule has 0 aliphatic rings. The van der Waals surface area contributed by atoms with Gasteiger partial charge < -0.3 is 15.2 Å². The number of amides is 1. The third kappa shape index (κ3) is 7.08. The van der Waals surface area contributed by atoms with Gasteiger partial charge in [0.05, 0.1) is 19.7 Å². The second-order valence-electron chi connectivity index (χ2n) is 4.96. The molecule has 22 heavy (non-hydrogen) atoms. The van der Waals surface area contributed by atoms with Crippen LogP contribution in [-0.4, -0.2) is 48.1 Å². The monoisotopic (exact) mass is 308 g/mol. The van der Waals surface area contributed by atoms with Gasteiger partial charge in [-0.25, -0.2) is 0 Å². The zero-order valence-electron chi connectivity index (χ0n) is 13.2. The molecule has 1 aromatic rings. The molecule has 0 aliphatic heterocycles. The van der Waals surface area contributed by atoms with E-state index in [-0.39, 0.29) is 19.0 Å². The summed E-state index contributed by atoms with van der Waals surface area (Å²) in [6, 6.07) is 7.53. The minimum atomic E-state index is -0.925. The molecule has 1 aromatic carbocycles. The molecule has 122 valence electrons. The standard InChI is InChI=1S/C16H24N2O4/c1-3-8-18(12-16(20)21)11-15(19)17-10-13-6-5-7-14(9-13)22-4-2/h5-7,9H,3-4,8,10-12H2,1-2H3,(H,17,19)(H,20,21). The first-order chi connectivity index (χ1) is 10.5. The molecule has 0 fully saturated rings. The maximum Gasteiger partial charge on any atom is 0.317 e. The molecule has 0 saturated heterocycles. The molecule has 0 radical (unpaired) electrons. The highest BCUT2D eigenvalue weighted by Gasteiger charge is 2.13. The number of rotatable bonds is 10. The van der Waals surface area contributed by atoms with Crippen molar-refractivity contribution >= 4 is 11.9 Å². The quantitative estimate of drug-likeness (QED) is 0.685. The fourth-order valence-corrected chi connectivity index (χ4v) is 2.09. The van der Waals surface area contributed by atoms with Gasteiger partial charge in [-0.05, 0) is 37.6 Å². The van der Waals surface area contributed by atoms with Crippen LogP contribution in [0.1, 0.15) is 25.8 Å². The van der Waals surface area contributed by atoms with Crippen molar-refractivity contribution in [3.8, 4) is 5.75 Å². The van der Waals surface area contributed by atoms with Gasteiger partial charge in [-0.15, -0.1) is 0 Å². The van der Waals surface area contributed by atoms with Crippen molar-refractivity contribution in [1.82, 2.24) is 10.2 Å². The van der Waals surface area contributed by atoms with Gasteiger partial charge in [0.15, 0.2) is 0 Å². The number of nitrogens with zero attached hydrogens (tertiary/aromatic N) is 1. The molecule has 1 amide bonds. The number of carboxylic acids is 1. The summed E-state index contributed by atoms with van der Waals surface area (Å²) in [5.41, 5.74) is 0.944. The van der Waals surface area contributed by atoms with Crippen molar-refractivity contribution in [2.45, 2.75) is 26.8 Å². The number of aliphatic carboxylic acids is 1. The lowest BCUT2D eigenvalue weighted by Crippen LogP contribution is -2.40. The second-order valence-corrected chi connectivity index (χ2v) is 4.96. The van der Waals surface area contributed by atoms with E-state index in [2.05, 4.69) is 5.32 Å². The fraction of sp³-hybridized carbons (Fsp3) is 0.500. The van der Waals surface area contributed by atoms with Gasteiger partial charge in [0, 0.05) is 6.54 Å². The fourth-order valence-electron chi connectivity index (χ4n) is 2.09. The molecule has 0 saturated carbocycles. The molecule has 0 unspecified atom stereocenters. The smallest absolute Gasteiger partial charge is 0.317 e. The Kier molecular flexibility index (Phi) is 7.99. The highest BCUT2D eigenvalue weighted by atomic mass is 16.5. The Morgan fingerprint density at radius 1 is 1.27 bits per heavy atom. The average molecular weight is 308 g/mol. The van der Waals surface area contributed by atoms with Crippen molar-refractivity contribution in [1.29, 1.82) is 0 Å². The Balaban J connectivity index is 2.47. The van der Waals surface area contributed by atoms with Gasteiger partial charge in [0.2, 0.25) is 5.91 Å². The minimum absolute atomic E-state index is 0.0886. The van der Waals surface area contributed by atoms with Gasteiger partial charge >= 0.3 is 5.97 Å². The first kappa shape index (κ1) is 18.0. The van der Waals surface area contributed by atoms with Crippen LogP contribution in [0.4, 0.5) is 0 Å². The van der Waals surface area contributed by atoms with Crippen LogP contribution in [0.3, 0.4) is 0 Å². The van der Waals surface area contributed by atoms with Crippen LogP contribution in [0.25, 0.3) is 0 Å². The molecular weight excluding hydrogens is 284 g/mol. The molecule has 0 aliphatic carbocycles. The minimum Gasteiger partial charge on any atom is -0.494 e. The zero-order chi connectivity index (χ0) is 16.4. The van der Waals surface area contributed by atoms with E-state index >= 15 is 0 Å². The van der Waals surface area contributed by atoms with Crippen molar-refractivity contribution in [2.24, 2.45) is 0 Å². The SMILES string of the molecule is CCCN(CC(=O)O)CC(=O)NCc1cccc(OCC)c1. The lowest BCUT2D eigenvalue weighted by Gasteiger charge is -2.18. The number of ether oxygens (including phenoxy) is 1. The van der Waals surface area contributed by atoms with Crippen LogP contribution in [0.2, 0.25) is 0 Å². The van der Waals surface area contributed by atoms with Gasteiger partial charge in [0.1, 0.15) is 5.75 Å². The van der Waals surface area contributed by atoms with Gasteiger partial charge in [-0.3, -0.25) is 14.5 Å². The number of carboxylic acid groups (broad SMARTS) is 1. The van der Waals surface area contributed by atoms with Crippen LogP contribution >= 0.6 is 0 Å². The number of carbonyl (C=O) groups excluding carboxylic acids is 1. The number of benzene rings is 1. The highest BCUT2D eigenvalue weighted by molar-refractivity contribution is 5.79. The largest absolute Gasteiger partial charge is 0.494 e. The van der Waals surface area contributed by atoms with Crippen molar-refractivity contribution in [3.63, 3.8) is 0 Å². The van der Waals surface area contributed by atoms with Crippen molar-refractivity contribution in [2.75, 3.05) is 26.2 Å². The van der Waals surface area contributed by atoms with E-state index in [9.17, 15) is 9.59 Å². The maximum absolute atomic E-state index is 11.9. The molecule has 0 bridgehead atoms. The van der Waals surface area contributed by atoms with E-state index in [0.717, 1.165) is 17.7 Å². The summed E-state index contributed by atoms with van der Waals surface area (Å²) in [4.78, 5) is 24.3. The predicted octanol–water partition coefficient (Wildman–Crippen LogP) is 1.50. The molecular formula is C16H24N2O4. The number of nitrogens with one attached hydrogen (secondary N) is 1. The lowest BCUT2D eigenvalue weighted by molar-refractivity contribution is -0.138. The summed E-state index contributed by atoms with van der Waals surface area (Å²) < 4.78 is 5.41. The Labute approximate surface area is 131 Å². The number of hydrogen-bond donors (Lipinski definition) is 2. The lowest BCUT2D eigenvalue weighted by atomic mass is 10.2. The average Bonchev–Trinajstić information content (AvgIpc) is 2.45. The van der Waals surface area contributed by atoms with Crippen LogP contribution < -0.4 is 10.1 Å². The summed E-state index contributed by atoms with van der Waals surface area (Å²) in [5, 5.41) is 11.6. The summed E-state index contributed by atoms with van der Waals surface area (Å²) in [7, 11) is 0. The number of hydrogen-bond acceptors (Lipinski definition) is 4. The summed E-state index contributed by atoms with van der Waals surface area (Å²) >= 11 is 0. The molecule has 2 N–H and O–H groups in total. The molecule has 6 heteroatoms. The van der Waals surface area contributed by atoms with Crippen LogP contribution in [0, 0.1) is 0 Å². The van der Waals surface area contributed by atoms with E-state index < -0.39 is 5.97 Å². The Hall–Kier alpha value is -2.08. The normalized spacial score (nSPS) is 10.5. The topological polar surface area (TPSA) is 78.9 Å². The van der Waals surface area contributed by atoms with E-state index in [1.165, 1.54) is 0 Å². The van der Waals surface area contributed by atoms with Crippen molar-refractivity contribution in [3.05, 3.63) is 29.8 Å². The first-order valence-corrected chi connectivity index (χ1v) is 7.47. The predicted molar refractivity (Wildman–Crippen MR) is 83.8 cm³/mol. The van der Waals surface area contributed by atoms with Gasteiger partial charge in [-0.1, -0.05) is 19.1 Å². The highest BCUT2D eigenvalue weighted by Crippen LogP contribution is 2.12. The molecule has 1 rings (SSSR count). The maximum atomic E-state index is 11.9. The number of carbonyl (C=O) groups is 2. The Bertz CT molecular complexity index is 491. The second kappa shape index (κ2) is 9.78. The molecule has 0 aromatic heterocycles. The third-order valence-corrected chi connectivity index (χ3v) is 2.97. The first-order valence-electron chi connectivity index (χ1n) is 7.47. The molecule has 0 atom stereocenters. The van der Waals surface area contributed by atoms with Crippen LogP contribution in [0.5, 0.6) is 5.75 Å². The molecule has 0 spiro atoms. The summed E-state index contributed by atoms with van der Waals surface area (Å²) in [6.07, 6.45) is 0.803. The van der Waals surface area contributed by atoms with E-state index in [1.54, 1.807) is 4.90 Å². The van der Waals surface area contributed by atoms with E-state index in [0.29, 0.717) is 19.7 Å². The van der Waals surface area contributed by atoms with E-state index in [4.69, 9.17) is 9.84 Å². The molecule has 0 heterocycles. The zero-order valence-corrected chi connectivity index (χ0v) is 13.2.